The van der Waals surface area contributed by atoms with Crippen molar-refractivity contribution in [3.8, 4) is 0 Å². The average Bonchev–Trinajstić information content (AvgIpc) is 2.49. The number of halogens is 1. The van der Waals surface area contributed by atoms with E-state index in [4.69, 9.17) is 16.3 Å². The van der Waals surface area contributed by atoms with Gasteiger partial charge in [0.05, 0.1) is 11.0 Å². The number of ether oxygens (including phenoxy) is 1. The van der Waals surface area contributed by atoms with Gasteiger partial charge in [0.2, 0.25) is 0 Å². The molecule has 2 heteroatoms. The van der Waals surface area contributed by atoms with E-state index in [-0.39, 0.29) is 4.87 Å². The zero-order valence-electron chi connectivity index (χ0n) is 5.14. The zero-order chi connectivity index (χ0) is 6.06. The summed E-state index contributed by atoms with van der Waals surface area (Å²) in [6.07, 6.45) is 4.77. The highest BCUT2D eigenvalue weighted by Crippen LogP contribution is 2.61. The second kappa shape index (κ2) is 1.17. The molecule has 2 bridgehead atoms. The van der Waals surface area contributed by atoms with E-state index in [1.54, 1.807) is 0 Å². The Balaban J connectivity index is 2.05. The van der Waals surface area contributed by atoms with E-state index in [2.05, 4.69) is 0 Å². The van der Waals surface area contributed by atoms with Crippen LogP contribution >= 0.6 is 11.6 Å². The minimum Gasteiger partial charge on any atom is -0.367 e. The molecule has 3 rings (SSSR count). The molecular weight excluding hydrogens is 136 g/mol. The summed E-state index contributed by atoms with van der Waals surface area (Å²) in [5.74, 6) is 0.826. The van der Waals surface area contributed by atoms with Crippen LogP contribution in [0.2, 0.25) is 0 Å². The molecular formula is C7H9ClO. The summed E-state index contributed by atoms with van der Waals surface area (Å²) in [6, 6.07) is 0. The maximum atomic E-state index is 6.26. The van der Waals surface area contributed by atoms with Crippen LogP contribution < -0.4 is 0 Å². The van der Waals surface area contributed by atoms with Gasteiger partial charge >= 0.3 is 0 Å². The van der Waals surface area contributed by atoms with Crippen LogP contribution in [0.25, 0.3) is 0 Å². The van der Waals surface area contributed by atoms with E-state index in [9.17, 15) is 0 Å². The molecule has 1 aliphatic heterocycles. The van der Waals surface area contributed by atoms with Crippen molar-refractivity contribution in [1.82, 2.24) is 0 Å². The first kappa shape index (κ1) is 4.97. The van der Waals surface area contributed by atoms with E-state index < -0.39 is 0 Å². The standard InChI is InChI=1S/C7H9ClO/c8-7-2-1-4(3-7)5-6(7)9-5/h4-6H,1-3H2. The lowest BCUT2D eigenvalue weighted by atomic mass is 10.0. The Hall–Kier alpha value is 0.250. The van der Waals surface area contributed by atoms with Crippen LogP contribution in [0.3, 0.4) is 0 Å². The van der Waals surface area contributed by atoms with Gasteiger partial charge in [-0.2, -0.15) is 0 Å². The smallest absolute Gasteiger partial charge is 0.104 e. The molecule has 0 N–H and O–H groups in total. The molecule has 0 radical (unpaired) electrons. The van der Waals surface area contributed by atoms with Gasteiger partial charge in [0.1, 0.15) is 6.10 Å². The number of epoxide rings is 1. The Labute approximate surface area is 59.3 Å². The van der Waals surface area contributed by atoms with Crippen LogP contribution in [-0.2, 0) is 4.74 Å². The molecule has 2 aliphatic carbocycles. The molecule has 1 nitrogen and oxygen atoms in total. The Bertz CT molecular complexity index is 168. The molecule has 3 aliphatic rings. The van der Waals surface area contributed by atoms with E-state index in [1.165, 1.54) is 19.3 Å². The number of alkyl halides is 1. The number of hydrogen-bond donors (Lipinski definition) is 0. The number of fused-ring (bicyclic) bond motifs is 5. The lowest BCUT2D eigenvalue weighted by Crippen LogP contribution is -2.22. The van der Waals surface area contributed by atoms with Gasteiger partial charge in [0.25, 0.3) is 0 Å². The fourth-order valence-electron chi connectivity index (χ4n) is 2.50. The number of rotatable bonds is 0. The van der Waals surface area contributed by atoms with Crippen LogP contribution in [0.4, 0.5) is 0 Å². The van der Waals surface area contributed by atoms with Gasteiger partial charge in [0.15, 0.2) is 0 Å². The highest BCUT2D eigenvalue weighted by atomic mass is 35.5. The van der Waals surface area contributed by atoms with Crippen LogP contribution in [0.5, 0.6) is 0 Å². The van der Waals surface area contributed by atoms with Crippen LogP contribution in [0, 0.1) is 5.92 Å². The first-order chi connectivity index (χ1) is 4.30. The molecule has 3 fully saturated rings. The highest BCUT2D eigenvalue weighted by molar-refractivity contribution is 6.25. The fraction of sp³-hybridized carbons (Fsp3) is 1.00. The van der Waals surface area contributed by atoms with Gasteiger partial charge in [0, 0.05) is 0 Å². The highest BCUT2D eigenvalue weighted by Gasteiger charge is 2.67. The van der Waals surface area contributed by atoms with Gasteiger partial charge < -0.3 is 4.74 Å². The van der Waals surface area contributed by atoms with Gasteiger partial charge in [-0.3, -0.25) is 0 Å². The van der Waals surface area contributed by atoms with Crippen LogP contribution in [0.1, 0.15) is 19.3 Å². The molecule has 9 heavy (non-hydrogen) atoms. The lowest BCUT2D eigenvalue weighted by Gasteiger charge is -2.14. The van der Waals surface area contributed by atoms with Crippen LogP contribution in [0.15, 0.2) is 0 Å². The van der Waals surface area contributed by atoms with Gasteiger partial charge in [-0.1, -0.05) is 0 Å². The van der Waals surface area contributed by atoms with E-state index in [0.29, 0.717) is 12.2 Å². The Kier molecular flexibility index (Phi) is 0.647. The predicted molar refractivity (Wildman–Crippen MR) is 34.6 cm³/mol. The molecule has 0 aromatic carbocycles. The molecule has 0 spiro atoms. The normalized spacial score (nSPS) is 68.3. The molecule has 0 aromatic rings. The molecule has 2 saturated carbocycles. The third kappa shape index (κ3) is 0.434. The quantitative estimate of drug-likeness (QED) is 0.371. The summed E-state index contributed by atoms with van der Waals surface area (Å²) in [6.45, 7) is 0. The van der Waals surface area contributed by atoms with Gasteiger partial charge in [-0.25, -0.2) is 0 Å². The topological polar surface area (TPSA) is 12.5 Å². The minimum absolute atomic E-state index is 0.0926. The lowest BCUT2D eigenvalue weighted by molar-refractivity contribution is 0.274. The zero-order valence-corrected chi connectivity index (χ0v) is 5.90. The second-order valence-electron chi connectivity index (χ2n) is 3.56. The first-order valence-corrected chi connectivity index (χ1v) is 4.02. The van der Waals surface area contributed by atoms with Crippen LogP contribution in [-0.4, -0.2) is 17.1 Å². The maximum Gasteiger partial charge on any atom is 0.104 e. The summed E-state index contributed by atoms with van der Waals surface area (Å²) in [4.78, 5) is 0.0926. The third-order valence-electron chi connectivity index (χ3n) is 3.03. The average molecular weight is 145 g/mol. The van der Waals surface area contributed by atoms with Gasteiger partial charge in [-0.05, 0) is 25.2 Å². The maximum absolute atomic E-state index is 6.26. The van der Waals surface area contributed by atoms with Crippen molar-refractivity contribution in [1.29, 1.82) is 0 Å². The van der Waals surface area contributed by atoms with Crippen molar-refractivity contribution in [2.24, 2.45) is 5.92 Å². The summed E-state index contributed by atoms with van der Waals surface area (Å²) in [5, 5.41) is 0. The molecule has 1 saturated heterocycles. The third-order valence-corrected chi connectivity index (χ3v) is 3.59. The van der Waals surface area contributed by atoms with E-state index in [1.807, 2.05) is 0 Å². The SMILES string of the molecule is ClC12CCC(C1)C1OC12. The predicted octanol–water partition coefficient (Wildman–Crippen LogP) is 1.55. The Morgan fingerprint density at radius 1 is 1.56 bits per heavy atom. The van der Waals surface area contributed by atoms with E-state index in [0.717, 1.165) is 5.92 Å². The summed E-state index contributed by atoms with van der Waals surface area (Å²) < 4.78 is 5.41. The molecule has 1 heterocycles. The first-order valence-electron chi connectivity index (χ1n) is 3.64. The monoisotopic (exact) mass is 144 g/mol. The second-order valence-corrected chi connectivity index (χ2v) is 4.31. The van der Waals surface area contributed by atoms with Gasteiger partial charge in [-0.15, -0.1) is 11.6 Å². The summed E-state index contributed by atoms with van der Waals surface area (Å²) >= 11 is 6.26. The van der Waals surface area contributed by atoms with Crippen molar-refractivity contribution in [3.05, 3.63) is 0 Å². The van der Waals surface area contributed by atoms with Crippen molar-refractivity contribution < 1.29 is 4.74 Å². The van der Waals surface area contributed by atoms with E-state index >= 15 is 0 Å². The number of hydrogen-bond acceptors (Lipinski definition) is 1. The Morgan fingerprint density at radius 2 is 2.44 bits per heavy atom. The van der Waals surface area contributed by atoms with Crippen molar-refractivity contribution in [2.75, 3.05) is 0 Å². The largest absolute Gasteiger partial charge is 0.367 e. The molecule has 50 valence electrons. The van der Waals surface area contributed by atoms with Crippen molar-refractivity contribution in [3.63, 3.8) is 0 Å². The molecule has 4 unspecified atom stereocenters. The fourth-order valence-corrected chi connectivity index (χ4v) is 2.99. The summed E-state index contributed by atoms with van der Waals surface area (Å²) in [5.41, 5.74) is 0. The molecule has 0 aromatic heterocycles. The minimum atomic E-state index is 0.0926. The molecule has 4 atom stereocenters. The Morgan fingerprint density at radius 3 is 2.89 bits per heavy atom. The van der Waals surface area contributed by atoms with Crippen molar-refractivity contribution in [2.45, 2.75) is 36.3 Å². The molecule has 0 amide bonds. The van der Waals surface area contributed by atoms with Crippen molar-refractivity contribution >= 4 is 11.6 Å². The summed E-state index contributed by atoms with van der Waals surface area (Å²) in [7, 11) is 0.